The van der Waals surface area contributed by atoms with Gasteiger partial charge in [0, 0.05) is 11.3 Å². The lowest BCUT2D eigenvalue weighted by Crippen LogP contribution is -2.15. The van der Waals surface area contributed by atoms with E-state index in [2.05, 4.69) is 15.6 Å². The van der Waals surface area contributed by atoms with Gasteiger partial charge in [-0.3, -0.25) is 9.59 Å². The summed E-state index contributed by atoms with van der Waals surface area (Å²) < 4.78 is 1.43. The molecule has 2 aromatic carbocycles. The molecule has 0 fully saturated rings. The quantitative estimate of drug-likeness (QED) is 0.713. The van der Waals surface area contributed by atoms with Crippen LogP contribution in [0, 0.1) is 6.92 Å². The van der Waals surface area contributed by atoms with Crippen molar-refractivity contribution in [3.8, 4) is 5.69 Å². The van der Waals surface area contributed by atoms with Crippen LogP contribution in [0.3, 0.4) is 0 Å². The van der Waals surface area contributed by atoms with E-state index in [-0.39, 0.29) is 17.3 Å². The molecular formula is C18H17N5O2. The molecule has 25 heavy (non-hydrogen) atoms. The Hall–Kier alpha value is -3.48. The number of Topliss-reactive ketones (excluding diaryl/α,β-unsaturated/α-hetero) is 1. The lowest BCUT2D eigenvalue weighted by Gasteiger charge is -2.07. The van der Waals surface area contributed by atoms with Crippen molar-refractivity contribution >= 4 is 23.2 Å². The minimum Gasteiger partial charge on any atom is -0.382 e. The van der Waals surface area contributed by atoms with Gasteiger partial charge in [0.2, 0.25) is 0 Å². The number of nitrogen functional groups attached to an aromatic ring is 1. The molecule has 7 nitrogen and oxygen atoms in total. The van der Waals surface area contributed by atoms with Crippen molar-refractivity contribution in [2.75, 3.05) is 11.1 Å². The molecule has 0 atom stereocenters. The monoisotopic (exact) mass is 335 g/mol. The second kappa shape index (κ2) is 6.56. The smallest absolute Gasteiger partial charge is 0.280 e. The molecule has 1 aromatic heterocycles. The number of nitrogens with zero attached hydrogens (tertiary/aromatic N) is 3. The summed E-state index contributed by atoms with van der Waals surface area (Å²) >= 11 is 0. The third-order valence-corrected chi connectivity index (χ3v) is 3.81. The molecule has 3 rings (SSSR count). The Morgan fingerprint density at radius 3 is 2.40 bits per heavy atom. The predicted octanol–water partition coefficient (Wildman–Crippen LogP) is 2.61. The number of amides is 1. The molecule has 0 saturated carbocycles. The molecule has 0 aliphatic carbocycles. The van der Waals surface area contributed by atoms with Gasteiger partial charge in [0.15, 0.2) is 17.3 Å². The molecule has 126 valence electrons. The zero-order valence-corrected chi connectivity index (χ0v) is 13.9. The summed E-state index contributed by atoms with van der Waals surface area (Å²) in [5.74, 6) is -0.344. The van der Waals surface area contributed by atoms with Crippen LogP contribution >= 0.6 is 0 Å². The van der Waals surface area contributed by atoms with E-state index >= 15 is 0 Å². The summed E-state index contributed by atoms with van der Waals surface area (Å²) in [5, 5.41) is 10.6. The number of anilines is 2. The normalized spacial score (nSPS) is 10.5. The van der Waals surface area contributed by atoms with Gasteiger partial charge in [-0.05, 0) is 49.7 Å². The molecule has 0 spiro atoms. The summed E-state index contributed by atoms with van der Waals surface area (Å²) in [4.78, 5) is 23.7. The number of para-hydroxylation sites is 1. The number of benzene rings is 2. The van der Waals surface area contributed by atoms with Crippen LogP contribution < -0.4 is 11.1 Å². The molecular weight excluding hydrogens is 318 g/mol. The minimum atomic E-state index is -0.465. The second-order valence-corrected chi connectivity index (χ2v) is 5.61. The molecule has 0 aliphatic rings. The Labute approximate surface area is 144 Å². The predicted molar refractivity (Wildman–Crippen MR) is 94.9 cm³/mol. The van der Waals surface area contributed by atoms with E-state index in [1.165, 1.54) is 11.6 Å². The molecule has 0 radical (unpaired) electrons. The van der Waals surface area contributed by atoms with Crippen LogP contribution in [0.4, 0.5) is 11.5 Å². The summed E-state index contributed by atoms with van der Waals surface area (Å²) in [6.07, 6.45) is 0. The fraction of sp³-hybridized carbons (Fsp3) is 0.111. The van der Waals surface area contributed by atoms with E-state index in [1.807, 2.05) is 31.2 Å². The van der Waals surface area contributed by atoms with E-state index in [9.17, 15) is 9.59 Å². The van der Waals surface area contributed by atoms with Crippen molar-refractivity contribution in [3.05, 3.63) is 65.4 Å². The highest BCUT2D eigenvalue weighted by Gasteiger charge is 2.19. The van der Waals surface area contributed by atoms with Gasteiger partial charge in [-0.2, -0.15) is 4.68 Å². The zero-order chi connectivity index (χ0) is 18.0. The van der Waals surface area contributed by atoms with Gasteiger partial charge in [0.05, 0.1) is 5.69 Å². The average Bonchev–Trinajstić information content (AvgIpc) is 2.97. The zero-order valence-electron chi connectivity index (χ0n) is 13.9. The van der Waals surface area contributed by atoms with Crippen molar-refractivity contribution in [2.45, 2.75) is 13.8 Å². The SMILES string of the molecule is CC(=O)c1ccc(NC(=O)c2nnn(-c3ccccc3C)c2N)cc1. The highest BCUT2D eigenvalue weighted by atomic mass is 16.2. The topological polar surface area (TPSA) is 103 Å². The molecule has 0 unspecified atom stereocenters. The van der Waals surface area contributed by atoms with Crippen molar-refractivity contribution in [3.63, 3.8) is 0 Å². The number of carbonyl (C=O) groups is 2. The van der Waals surface area contributed by atoms with Gasteiger partial charge in [-0.25, -0.2) is 0 Å². The van der Waals surface area contributed by atoms with Crippen molar-refractivity contribution in [1.29, 1.82) is 0 Å². The van der Waals surface area contributed by atoms with Gasteiger partial charge in [-0.15, -0.1) is 5.10 Å². The first-order chi connectivity index (χ1) is 12.0. The Morgan fingerprint density at radius 1 is 1.08 bits per heavy atom. The summed E-state index contributed by atoms with van der Waals surface area (Å²) in [5.41, 5.74) is 8.93. The highest BCUT2D eigenvalue weighted by Crippen LogP contribution is 2.19. The average molecular weight is 335 g/mol. The van der Waals surface area contributed by atoms with E-state index in [1.54, 1.807) is 24.3 Å². The molecule has 1 amide bonds. The van der Waals surface area contributed by atoms with Gasteiger partial charge < -0.3 is 11.1 Å². The Balaban J connectivity index is 1.84. The summed E-state index contributed by atoms with van der Waals surface area (Å²) in [7, 11) is 0. The molecule has 0 saturated heterocycles. The van der Waals surface area contributed by atoms with Crippen molar-refractivity contribution < 1.29 is 9.59 Å². The molecule has 7 heteroatoms. The second-order valence-electron chi connectivity index (χ2n) is 5.61. The molecule has 0 bridgehead atoms. The fourth-order valence-corrected chi connectivity index (χ4v) is 2.41. The lowest BCUT2D eigenvalue weighted by atomic mass is 10.1. The van der Waals surface area contributed by atoms with Crippen LogP contribution in [0.15, 0.2) is 48.5 Å². The number of hydrogen-bond acceptors (Lipinski definition) is 5. The number of aromatic nitrogens is 3. The molecule has 0 aliphatic heterocycles. The number of nitrogens with one attached hydrogen (secondary N) is 1. The van der Waals surface area contributed by atoms with E-state index in [4.69, 9.17) is 5.73 Å². The summed E-state index contributed by atoms with van der Waals surface area (Å²) in [6.45, 7) is 3.41. The number of carbonyl (C=O) groups excluding carboxylic acids is 2. The molecule has 1 heterocycles. The fourth-order valence-electron chi connectivity index (χ4n) is 2.41. The Kier molecular flexibility index (Phi) is 4.30. The highest BCUT2D eigenvalue weighted by molar-refractivity contribution is 6.06. The number of nitrogens with two attached hydrogens (primary N) is 1. The van der Waals surface area contributed by atoms with Gasteiger partial charge in [-0.1, -0.05) is 23.4 Å². The van der Waals surface area contributed by atoms with E-state index in [0.717, 1.165) is 11.3 Å². The molecule has 3 aromatic rings. The third kappa shape index (κ3) is 3.25. The van der Waals surface area contributed by atoms with Crippen LogP contribution in [0.1, 0.15) is 33.3 Å². The van der Waals surface area contributed by atoms with Crippen molar-refractivity contribution in [1.82, 2.24) is 15.0 Å². The van der Waals surface area contributed by atoms with Crippen LogP contribution in [0.5, 0.6) is 0 Å². The Bertz CT molecular complexity index is 944. The lowest BCUT2D eigenvalue weighted by molar-refractivity contribution is 0.101. The van der Waals surface area contributed by atoms with Crippen molar-refractivity contribution in [2.24, 2.45) is 0 Å². The molecule has 3 N–H and O–H groups in total. The van der Waals surface area contributed by atoms with Crippen LogP contribution in [0.2, 0.25) is 0 Å². The summed E-state index contributed by atoms with van der Waals surface area (Å²) in [6, 6.07) is 14.1. The standard InChI is InChI=1S/C18H17N5O2/c1-11-5-3-4-6-15(11)23-17(19)16(21-22-23)18(25)20-14-9-7-13(8-10-14)12(2)24/h3-10H,19H2,1-2H3,(H,20,25). The van der Waals surface area contributed by atoms with E-state index < -0.39 is 5.91 Å². The third-order valence-electron chi connectivity index (χ3n) is 3.81. The largest absolute Gasteiger partial charge is 0.382 e. The Morgan fingerprint density at radius 2 is 1.76 bits per heavy atom. The first kappa shape index (κ1) is 16.4. The maximum Gasteiger partial charge on any atom is 0.280 e. The van der Waals surface area contributed by atoms with Gasteiger partial charge in [0.1, 0.15) is 0 Å². The van der Waals surface area contributed by atoms with Gasteiger partial charge in [0.25, 0.3) is 5.91 Å². The number of rotatable bonds is 4. The van der Waals surface area contributed by atoms with Crippen LogP contribution in [0.25, 0.3) is 5.69 Å². The first-order valence-corrected chi connectivity index (χ1v) is 7.67. The maximum atomic E-state index is 12.4. The number of hydrogen-bond donors (Lipinski definition) is 2. The first-order valence-electron chi connectivity index (χ1n) is 7.67. The minimum absolute atomic E-state index is 0.0386. The van der Waals surface area contributed by atoms with Crippen LogP contribution in [-0.4, -0.2) is 26.7 Å². The van der Waals surface area contributed by atoms with Gasteiger partial charge >= 0.3 is 0 Å². The maximum absolute atomic E-state index is 12.4. The van der Waals surface area contributed by atoms with Crippen LogP contribution in [-0.2, 0) is 0 Å². The number of aryl methyl sites for hydroxylation is 1. The van der Waals surface area contributed by atoms with E-state index in [0.29, 0.717) is 11.3 Å². The number of ketones is 1.